The van der Waals surface area contributed by atoms with Gasteiger partial charge in [0.2, 0.25) is 0 Å². The minimum Gasteiger partial charge on any atom is -0.459 e. The molecule has 0 aliphatic carbocycles. The van der Waals surface area contributed by atoms with E-state index in [4.69, 9.17) is 9.95 Å². The van der Waals surface area contributed by atoms with Crippen molar-refractivity contribution in [3.8, 4) is 0 Å². The standard InChI is InChI=1S/C9H13N3O/c1-6-7(9(2,3)4)5-8(13-6)11-12-10/h5H,1-4H3. The van der Waals surface area contributed by atoms with Gasteiger partial charge in [-0.2, -0.15) is 0 Å². The summed E-state index contributed by atoms with van der Waals surface area (Å²) in [5.41, 5.74) is 9.32. The fraction of sp³-hybridized carbons (Fsp3) is 0.556. The summed E-state index contributed by atoms with van der Waals surface area (Å²) in [5, 5.41) is 3.42. The van der Waals surface area contributed by atoms with Crippen LogP contribution < -0.4 is 0 Å². The van der Waals surface area contributed by atoms with Gasteiger partial charge in [0.25, 0.3) is 0 Å². The first-order chi connectivity index (χ1) is 5.95. The molecule has 0 aliphatic heterocycles. The van der Waals surface area contributed by atoms with Crippen LogP contribution in [0.3, 0.4) is 0 Å². The molecule has 4 heteroatoms. The predicted molar refractivity (Wildman–Crippen MR) is 51.0 cm³/mol. The van der Waals surface area contributed by atoms with Crippen molar-refractivity contribution in [3.05, 3.63) is 27.8 Å². The lowest BCUT2D eigenvalue weighted by Gasteiger charge is -2.16. The molecule has 0 unspecified atom stereocenters. The highest BCUT2D eigenvalue weighted by Crippen LogP contribution is 2.31. The zero-order valence-electron chi connectivity index (χ0n) is 8.33. The van der Waals surface area contributed by atoms with Gasteiger partial charge in [0, 0.05) is 4.91 Å². The molecular formula is C9H13N3O. The second-order valence-corrected chi connectivity index (χ2v) is 3.99. The van der Waals surface area contributed by atoms with E-state index in [0.717, 1.165) is 11.3 Å². The number of nitrogens with zero attached hydrogens (tertiary/aromatic N) is 3. The third-order valence-corrected chi connectivity index (χ3v) is 1.86. The molecule has 1 heterocycles. The van der Waals surface area contributed by atoms with Crippen LogP contribution in [0.4, 0.5) is 5.88 Å². The summed E-state index contributed by atoms with van der Waals surface area (Å²) < 4.78 is 5.26. The van der Waals surface area contributed by atoms with Gasteiger partial charge in [-0.05, 0) is 34.6 Å². The lowest BCUT2D eigenvalue weighted by molar-refractivity contribution is 0.513. The van der Waals surface area contributed by atoms with Gasteiger partial charge in [0.15, 0.2) is 5.88 Å². The molecule has 1 aromatic heterocycles. The van der Waals surface area contributed by atoms with Crippen LogP contribution >= 0.6 is 0 Å². The number of hydrogen-bond donors (Lipinski definition) is 0. The average molecular weight is 179 g/mol. The zero-order chi connectivity index (χ0) is 10.1. The van der Waals surface area contributed by atoms with E-state index >= 15 is 0 Å². The Labute approximate surface area is 77.2 Å². The fourth-order valence-electron chi connectivity index (χ4n) is 1.30. The van der Waals surface area contributed by atoms with Gasteiger partial charge in [-0.3, -0.25) is 0 Å². The Morgan fingerprint density at radius 2 is 2.08 bits per heavy atom. The van der Waals surface area contributed by atoms with Crippen LogP contribution in [-0.2, 0) is 5.41 Å². The van der Waals surface area contributed by atoms with Crippen molar-refractivity contribution in [2.75, 3.05) is 0 Å². The van der Waals surface area contributed by atoms with E-state index in [1.807, 2.05) is 6.92 Å². The Bertz CT molecular complexity index is 353. The van der Waals surface area contributed by atoms with E-state index in [1.165, 1.54) is 0 Å². The lowest BCUT2D eigenvalue weighted by Crippen LogP contribution is -2.10. The molecule has 1 rings (SSSR count). The third-order valence-electron chi connectivity index (χ3n) is 1.86. The summed E-state index contributed by atoms with van der Waals surface area (Å²) in [5.74, 6) is 1.15. The van der Waals surface area contributed by atoms with Crippen molar-refractivity contribution >= 4 is 5.88 Å². The molecular weight excluding hydrogens is 166 g/mol. The normalized spacial score (nSPS) is 11.1. The molecule has 13 heavy (non-hydrogen) atoms. The number of aryl methyl sites for hydroxylation is 1. The molecule has 0 spiro atoms. The maximum Gasteiger partial charge on any atom is 0.190 e. The Hall–Kier alpha value is -1.41. The van der Waals surface area contributed by atoms with Gasteiger partial charge in [-0.25, -0.2) is 0 Å². The largest absolute Gasteiger partial charge is 0.459 e. The van der Waals surface area contributed by atoms with Crippen LogP contribution in [0.1, 0.15) is 32.1 Å². The predicted octanol–water partition coefficient (Wildman–Crippen LogP) is 3.83. The maximum atomic E-state index is 8.22. The monoisotopic (exact) mass is 179 g/mol. The molecule has 4 nitrogen and oxygen atoms in total. The van der Waals surface area contributed by atoms with Gasteiger partial charge in [0.1, 0.15) is 5.76 Å². The first-order valence-electron chi connectivity index (χ1n) is 4.11. The highest BCUT2D eigenvalue weighted by molar-refractivity contribution is 5.36. The van der Waals surface area contributed by atoms with E-state index in [9.17, 15) is 0 Å². The molecule has 1 aromatic rings. The molecule has 70 valence electrons. The minimum atomic E-state index is 0.0246. The molecule has 0 saturated heterocycles. The van der Waals surface area contributed by atoms with E-state index in [1.54, 1.807) is 6.07 Å². The van der Waals surface area contributed by atoms with Crippen LogP contribution in [0.15, 0.2) is 15.6 Å². The summed E-state index contributed by atoms with van der Waals surface area (Å²) in [6.45, 7) is 8.14. The summed E-state index contributed by atoms with van der Waals surface area (Å²) in [6, 6.07) is 1.79. The van der Waals surface area contributed by atoms with Gasteiger partial charge in [-0.15, -0.1) is 0 Å². The number of furan rings is 1. The van der Waals surface area contributed by atoms with E-state index in [-0.39, 0.29) is 5.41 Å². The van der Waals surface area contributed by atoms with Crippen LogP contribution in [0.25, 0.3) is 10.4 Å². The van der Waals surface area contributed by atoms with Gasteiger partial charge >= 0.3 is 0 Å². The zero-order valence-corrected chi connectivity index (χ0v) is 8.33. The molecule has 0 atom stereocenters. The topological polar surface area (TPSA) is 61.9 Å². The van der Waals surface area contributed by atoms with Crippen LogP contribution in [-0.4, -0.2) is 0 Å². The second-order valence-electron chi connectivity index (χ2n) is 3.99. The average Bonchev–Trinajstić information content (AvgIpc) is 2.30. The van der Waals surface area contributed by atoms with Crippen molar-refractivity contribution < 1.29 is 4.42 Å². The quantitative estimate of drug-likeness (QED) is 0.367. The summed E-state index contributed by atoms with van der Waals surface area (Å²) in [7, 11) is 0. The van der Waals surface area contributed by atoms with E-state index in [2.05, 4.69) is 30.8 Å². The van der Waals surface area contributed by atoms with Crippen molar-refractivity contribution in [1.29, 1.82) is 0 Å². The van der Waals surface area contributed by atoms with Gasteiger partial charge < -0.3 is 4.42 Å². The van der Waals surface area contributed by atoms with Gasteiger partial charge in [0.05, 0.1) is 0 Å². The van der Waals surface area contributed by atoms with Crippen LogP contribution in [0.2, 0.25) is 0 Å². The number of rotatable bonds is 1. The van der Waals surface area contributed by atoms with Crippen molar-refractivity contribution in [2.45, 2.75) is 33.1 Å². The minimum absolute atomic E-state index is 0.0246. The SMILES string of the molecule is Cc1oc(N=[N+]=[N-])cc1C(C)(C)C. The Morgan fingerprint density at radius 1 is 1.46 bits per heavy atom. The van der Waals surface area contributed by atoms with Gasteiger partial charge in [-0.1, -0.05) is 20.8 Å². The van der Waals surface area contributed by atoms with E-state index < -0.39 is 0 Å². The maximum absolute atomic E-state index is 8.22. The smallest absolute Gasteiger partial charge is 0.190 e. The second kappa shape index (κ2) is 3.15. The molecule has 0 radical (unpaired) electrons. The molecule has 0 saturated carbocycles. The van der Waals surface area contributed by atoms with Crippen LogP contribution in [0, 0.1) is 6.92 Å². The lowest BCUT2D eigenvalue weighted by atomic mass is 9.87. The van der Waals surface area contributed by atoms with Crippen molar-refractivity contribution in [3.63, 3.8) is 0 Å². The first-order valence-corrected chi connectivity index (χ1v) is 4.11. The third kappa shape index (κ3) is 2.04. The first kappa shape index (κ1) is 9.68. The molecule has 0 aromatic carbocycles. The highest BCUT2D eigenvalue weighted by atomic mass is 16.4. The molecule has 0 bridgehead atoms. The molecule has 0 fully saturated rings. The Balaban J connectivity index is 3.18. The molecule has 0 N–H and O–H groups in total. The fourth-order valence-corrected chi connectivity index (χ4v) is 1.30. The summed E-state index contributed by atoms with van der Waals surface area (Å²) >= 11 is 0. The number of hydrogen-bond acceptors (Lipinski definition) is 2. The Morgan fingerprint density at radius 3 is 2.46 bits per heavy atom. The molecule has 0 aliphatic rings. The van der Waals surface area contributed by atoms with Crippen molar-refractivity contribution in [1.82, 2.24) is 0 Å². The van der Waals surface area contributed by atoms with Crippen molar-refractivity contribution in [2.24, 2.45) is 5.11 Å². The summed E-state index contributed by atoms with van der Waals surface area (Å²) in [4.78, 5) is 2.67. The Kier molecular flexibility index (Phi) is 2.34. The highest BCUT2D eigenvalue weighted by Gasteiger charge is 2.19. The summed E-state index contributed by atoms with van der Waals surface area (Å²) in [6.07, 6.45) is 0. The molecule has 0 amide bonds. The van der Waals surface area contributed by atoms with Crippen LogP contribution in [0.5, 0.6) is 0 Å². The number of azide groups is 1. The van der Waals surface area contributed by atoms with E-state index in [0.29, 0.717) is 5.88 Å².